The second-order valence-electron chi connectivity index (χ2n) is 4.94. The van der Waals surface area contributed by atoms with Gasteiger partial charge in [-0.3, -0.25) is 4.79 Å². The summed E-state index contributed by atoms with van der Waals surface area (Å²) in [6.07, 6.45) is 3.78. The summed E-state index contributed by atoms with van der Waals surface area (Å²) in [6, 6.07) is 5.87. The van der Waals surface area contributed by atoms with Crippen LogP contribution >= 0.6 is 0 Å². The quantitative estimate of drug-likeness (QED) is 0.383. The molecule has 0 bridgehead atoms. The van der Waals surface area contributed by atoms with E-state index in [4.69, 9.17) is 10.9 Å². The lowest BCUT2D eigenvalue weighted by atomic mass is 10.1. The molecule has 6 heteroatoms. The summed E-state index contributed by atoms with van der Waals surface area (Å²) in [5, 5.41) is 11.6. The van der Waals surface area contributed by atoms with Crippen LogP contribution in [-0.4, -0.2) is 34.4 Å². The Balaban J connectivity index is 2.25. The summed E-state index contributed by atoms with van der Waals surface area (Å²) in [6.45, 7) is 0.00827. The van der Waals surface area contributed by atoms with Gasteiger partial charge in [0.05, 0.1) is 12.1 Å². The van der Waals surface area contributed by atoms with Crippen molar-refractivity contribution in [1.29, 1.82) is 0 Å². The molecule has 108 valence electrons. The van der Waals surface area contributed by atoms with E-state index in [1.807, 2.05) is 0 Å². The van der Waals surface area contributed by atoms with Crippen molar-refractivity contribution in [2.24, 2.45) is 10.9 Å². The van der Waals surface area contributed by atoms with Gasteiger partial charge in [0.25, 0.3) is 5.91 Å². The number of carbonyl (C=O) groups is 1. The number of benzene rings is 1. The number of oxime groups is 1. The fourth-order valence-corrected chi connectivity index (χ4v) is 2.58. The van der Waals surface area contributed by atoms with Gasteiger partial charge in [0.2, 0.25) is 0 Å². The first-order valence-electron chi connectivity index (χ1n) is 6.65. The number of nitrogens with two attached hydrogens (primary N) is 1. The SMILES string of the molecule is NC(CN(C(=O)c1ccccc1F)C1CCCC1)=NO. The first-order chi connectivity index (χ1) is 9.63. The summed E-state index contributed by atoms with van der Waals surface area (Å²) in [5.41, 5.74) is 5.53. The van der Waals surface area contributed by atoms with E-state index in [0.29, 0.717) is 0 Å². The highest BCUT2D eigenvalue weighted by molar-refractivity contribution is 5.97. The van der Waals surface area contributed by atoms with Gasteiger partial charge in [0.1, 0.15) is 5.82 Å². The zero-order valence-corrected chi connectivity index (χ0v) is 11.1. The minimum Gasteiger partial charge on any atom is -0.409 e. The molecule has 20 heavy (non-hydrogen) atoms. The van der Waals surface area contributed by atoms with Crippen molar-refractivity contribution < 1.29 is 14.4 Å². The highest BCUT2D eigenvalue weighted by Gasteiger charge is 2.29. The number of hydrogen-bond donors (Lipinski definition) is 2. The molecule has 0 heterocycles. The van der Waals surface area contributed by atoms with Crippen molar-refractivity contribution >= 4 is 11.7 Å². The second kappa shape index (κ2) is 6.36. The van der Waals surface area contributed by atoms with Gasteiger partial charge >= 0.3 is 0 Å². The van der Waals surface area contributed by atoms with Crippen molar-refractivity contribution in [1.82, 2.24) is 4.90 Å². The average Bonchev–Trinajstić information content (AvgIpc) is 2.98. The Morgan fingerprint density at radius 2 is 2.05 bits per heavy atom. The zero-order chi connectivity index (χ0) is 14.5. The molecule has 1 fully saturated rings. The highest BCUT2D eigenvalue weighted by Crippen LogP contribution is 2.25. The molecule has 0 aliphatic heterocycles. The molecule has 0 saturated heterocycles. The summed E-state index contributed by atoms with van der Waals surface area (Å²) in [7, 11) is 0. The molecule has 0 spiro atoms. The molecule has 1 saturated carbocycles. The van der Waals surface area contributed by atoms with Crippen LogP contribution in [0.2, 0.25) is 0 Å². The summed E-state index contributed by atoms with van der Waals surface area (Å²) in [4.78, 5) is 14.0. The average molecular weight is 279 g/mol. The van der Waals surface area contributed by atoms with Crippen LogP contribution in [0.25, 0.3) is 0 Å². The summed E-state index contributed by atoms with van der Waals surface area (Å²) < 4.78 is 13.7. The molecule has 2 rings (SSSR count). The van der Waals surface area contributed by atoms with Crippen LogP contribution in [0.5, 0.6) is 0 Å². The lowest BCUT2D eigenvalue weighted by molar-refractivity contribution is 0.0707. The van der Waals surface area contributed by atoms with E-state index in [2.05, 4.69) is 5.16 Å². The van der Waals surface area contributed by atoms with Gasteiger partial charge in [-0.25, -0.2) is 4.39 Å². The number of halogens is 1. The van der Waals surface area contributed by atoms with Crippen LogP contribution < -0.4 is 5.73 Å². The standard InChI is InChI=1S/C14H18FN3O2/c15-12-8-4-3-7-11(12)14(19)18(9-13(16)17-20)10-5-1-2-6-10/h3-4,7-8,10,20H,1-2,5-6,9H2,(H2,16,17). The maximum Gasteiger partial charge on any atom is 0.257 e. The Kier molecular flexibility index (Phi) is 4.55. The van der Waals surface area contributed by atoms with Gasteiger partial charge in [0, 0.05) is 6.04 Å². The van der Waals surface area contributed by atoms with E-state index in [0.717, 1.165) is 25.7 Å². The minimum absolute atomic E-state index is 0.00827. The van der Waals surface area contributed by atoms with Gasteiger partial charge in [0.15, 0.2) is 5.84 Å². The fourth-order valence-electron chi connectivity index (χ4n) is 2.58. The molecule has 3 N–H and O–H groups in total. The largest absolute Gasteiger partial charge is 0.409 e. The molecule has 0 aromatic heterocycles. The Bertz CT molecular complexity index is 513. The van der Waals surface area contributed by atoms with Crippen molar-refractivity contribution in [2.75, 3.05) is 6.54 Å². The van der Waals surface area contributed by atoms with Crippen LogP contribution in [0.15, 0.2) is 29.4 Å². The predicted octanol–water partition coefficient (Wildman–Crippen LogP) is 1.96. The maximum atomic E-state index is 13.7. The Morgan fingerprint density at radius 1 is 1.40 bits per heavy atom. The smallest absolute Gasteiger partial charge is 0.257 e. The Morgan fingerprint density at radius 3 is 2.65 bits per heavy atom. The minimum atomic E-state index is -0.556. The van der Waals surface area contributed by atoms with Gasteiger partial charge < -0.3 is 15.8 Å². The maximum absolute atomic E-state index is 13.7. The third kappa shape index (κ3) is 3.07. The first-order valence-corrected chi connectivity index (χ1v) is 6.65. The number of carbonyl (C=O) groups excluding carboxylic acids is 1. The number of hydrogen-bond acceptors (Lipinski definition) is 3. The van der Waals surface area contributed by atoms with Gasteiger partial charge in [-0.2, -0.15) is 0 Å². The lowest BCUT2D eigenvalue weighted by Crippen LogP contribution is -2.44. The van der Waals surface area contributed by atoms with Gasteiger partial charge in [-0.15, -0.1) is 0 Å². The first kappa shape index (κ1) is 14.3. The highest BCUT2D eigenvalue weighted by atomic mass is 19.1. The Hall–Kier alpha value is -2.11. The zero-order valence-electron chi connectivity index (χ0n) is 11.1. The van der Waals surface area contributed by atoms with Crippen LogP contribution in [0.3, 0.4) is 0 Å². The molecule has 0 atom stereocenters. The summed E-state index contributed by atoms with van der Waals surface area (Å²) >= 11 is 0. The molecule has 1 aromatic carbocycles. The number of nitrogens with zero attached hydrogens (tertiary/aromatic N) is 2. The van der Waals surface area contributed by atoms with E-state index in [1.165, 1.54) is 23.1 Å². The van der Waals surface area contributed by atoms with E-state index >= 15 is 0 Å². The third-order valence-corrected chi connectivity index (χ3v) is 3.59. The molecule has 0 radical (unpaired) electrons. The second-order valence-corrected chi connectivity index (χ2v) is 4.94. The molecule has 0 unspecified atom stereocenters. The molecule has 1 aliphatic rings. The van der Waals surface area contributed by atoms with Crippen molar-refractivity contribution in [3.05, 3.63) is 35.6 Å². The van der Waals surface area contributed by atoms with Crippen molar-refractivity contribution in [3.8, 4) is 0 Å². The molecule has 5 nitrogen and oxygen atoms in total. The van der Waals surface area contributed by atoms with Crippen LogP contribution in [0.1, 0.15) is 36.0 Å². The monoisotopic (exact) mass is 279 g/mol. The van der Waals surface area contributed by atoms with Crippen molar-refractivity contribution in [2.45, 2.75) is 31.7 Å². The number of amidine groups is 1. The molecule has 1 aliphatic carbocycles. The van der Waals surface area contributed by atoms with Crippen molar-refractivity contribution in [3.63, 3.8) is 0 Å². The van der Waals surface area contributed by atoms with Crippen LogP contribution in [0.4, 0.5) is 4.39 Å². The normalized spacial score (nSPS) is 16.4. The van der Waals surface area contributed by atoms with E-state index in [1.54, 1.807) is 6.07 Å². The molecule has 1 amide bonds. The van der Waals surface area contributed by atoms with Gasteiger partial charge in [-0.05, 0) is 25.0 Å². The molecular formula is C14H18FN3O2. The topological polar surface area (TPSA) is 78.9 Å². The predicted molar refractivity (Wildman–Crippen MR) is 73.1 cm³/mol. The van der Waals surface area contributed by atoms with E-state index < -0.39 is 11.7 Å². The molecular weight excluding hydrogens is 261 g/mol. The van der Waals surface area contributed by atoms with E-state index in [9.17, 15) is 9.18 Å². The Labute approximate surface area is 116 Å². The third-order valence-electron chi connectivity index (χ3n) is 3.59. The molecule has 1 aromatic rings. The summed E-state index contributed by atoms with van der Waals surface area (Å²) in [5.74, 6) is -1.02. The lowest BCUT2D eigenvalue weighted by Gasteiger charge is -2.28. The van der Waals surface area contributed by atoms with Crippen LogP contribution in [0, 0.1) is 5.82 Å². The number of rotatable bonds is 4. The van der Waals surface area contributed by atoms with Gasteiger partial charge in [-0.1, -0.05) is 30.1 Å². The van der Waals surface area contributed by atoms with E-state index in [-0.39, 0.29) is 24.0 Å². The number of amides is 1. The van der Waals surface area contributed by atoms with Crippen LogP contribution in [-0.2, 0) is 0 Å². The fraction of sp³-hybridized carbons (Fsp3) is 0.429.